The highest BCUT2D eigenvalue weighted by molar-refractivity contribution is 5.58. The molecule has 0 aromatic heterocycles. The third kappa shape index (κ3) is 3.21. The summed E-state index contributed by atoms with van der Waals surface area (Å²) in [6, 6.07) is 5.45. The molecule has 2 atom stereocenters. The second-order valence-corrected chi connectivity index (χ2v) is 5.02. The highest BCUT2D eigenvalue weighted by Gasteiger charge is 2.42. The van der Waals surface area contributed by atoms with Crippen LogP contribution in [0.15, 0.2) is 18.2 Å². The Hall–Kier alpha value is -1.77. The van der Waals surface area contributed by atoms with E-state index in [9.17, 15) is 17.6 Å². The predicted molar refractivity (Wildman–Crippen MR) is 66.5 cm³/mol. The number of rotatable bonds is 2. The van der Waals surface area contributed by atoms with Gasteiger partial charge < -0.3 is 5.32 Å². The smallest absolute Gasteiger partial charge is 0.381 e. The molecule has 2 rings (SSSR count). The summed E-state index contributed by atoms with van der Waals surface area (Å²) in [5, 5.41) is 11.8. The van der Waals surface area contributed by atoms with Gasteiger partial charge in [-0.2, -0.15) is 18.4 Å². The Kier molecular flexibility index (Phi) is 4.17. The van der Waals surface area contributed by atoms with Crippen LogP contribution in [0, 0.1) is 23.1 Å². The standard InChI is InChI=1S/C14H14F4N2/c15-12-5-2-6-13(11(12)8-19)20-10-4-1-3-9(7-10)14(16,17)18/h2,5-6,9-10,20H,1,3-4,7H2. The van der Waals surface area contributed by atoms with Crippen LogP contribution < -0.4 is 5.32 Å². The van der Waals surface area contributed by atoms with E-state index in [1.807, 2.05) is 0 Å². The van der Waals surface area contributed by atoms with Crippen molar-refractivity contribution < 1.29 is 17.6 Å². The van der Waals surface area contributed by atoms with Gasteiger partial charge >= 0.3 is 6.18 Å². The molecule has 1 saturated carbocycles. The average Bonchev–Trinajstić information content (AvgIpc) is 2.38. The fourth-order valence-corrected chi connectivity index (χ4v) is 2.60. The van der Waals surface area contributed by atoms with Gasteiger partial charge in [-0.1, -0.05) is 12.5 Å². The minimum Gasteiger partial charge on any atom is -0.381 e. The van der Waals surface area contributed by atoms with E-state index in [4.69, 9.17) is 5.26 Å². The normalized spacial score (nSPS) is 23.1. The highest BCUT2D eigenvalue weighted by Crippen LogP contribution is 2.38. The second kappa shape index (κ2) is 5.70. The molecule has 0 spiro atoms. The number of benzene rings is 1. The van der Waals surface area contributed by atoms with Crippen LogP contribution in [0.25, 0.3) is 0 Å². The van der Waals surface area contributed by atoms with Crippen molar-refractivity contribution in [2.24, 2.45) is 5.92 Å². The first-order valence-electron chi connectivity index (χ1n) is 6.43. The van der Waals surface area contributed by atoms with E-state index in [-0.39, 0.29) is 30.1 Å². The Labute approximate surface area is 114 Å². The summed E-state index contributed by atoms with van der Waals surface area (Å²) >= 11 is 0. The largest absolute Gasteiger partial charge is 0.391 e. The first-order valence-corrected chi connectivity index (χ1v) is 6.43. The topological polar surface area (TPSA) is 35.8 Å². The molecule has 1 aliphatic rings. The van der Waals surface area contributed by atoms with Crippen molar-refractivity contribution in [2.45, 2.75) is 37.9 Å². The third-order valence-corrected chi connectivity index (χ3v) is 3.62. The molecular formula is C14H14F4N2. The zero-order valence-corrected chi connectivity index (χ0v) is 10.7. The minimum absolute atomic E-state index is 0.0368. The van der Waals surface area contributed by atoms with Gasteiger partial charge in [0.25, 0.3) is 0 Å². The summed E-state index contributed by atoms with van der Waals surface area (Å²) < 4.78 is 51.6. The molecule has 2 nitrogen and oxygen atoms in total. The summed E-state index contributed by atoms with van der Waals surface area (Å²) in [6.45, 7) is 0. The number of hydrogen-bond acceptors (Lipinski definition) is 2. The van der Waals surface area contributed by atoms with E-state index in [0.717, 1.165) is 6.07 Å². The van der Waals surface area contributed by atoms with E-state index >= 15 is 0 Å². The molecule has 1 aromatic rings. The van der Waals surface area contributed by atoms with Crippen molar-refractivity contribution in [3.05, 3.63) is 29.6 Å². The van der Waals surface area contributed by atoms with Crippen LogP contribution in [0.3, 0.4) is 0 Å². The zero-order chi connectivity index (χ0) is 14.8. The Bertz CT molecular complexity index is 519. The number of anilines is 1. The molecule has 0 aliphatic heterocycles. The van der Waals surface area contributed by atoms with Crippen LogP contribution in [-0.4, -0.2) is 12.2 Å². The Morgan fingerprint density at radius 2 is 2.00 bits per heavy atom. The molecule has 6 heteroatoms. The van der Waals surface area contributed by atoms with E-state index in [0.29, 0.717) is 12.8 Å². The molecule has 0 bridgehead atoms. The first-order chi connectivity index (χ1) is 9.41. The molecule has 2 unspecified atom stereocenters. The molecule has 108 valence electrons. The van der Waals surface area contributed by atoms with Gasteiger partial charge in [-0.25, -0.2) is 4.39 Å². The van der Waals surface area contributed by atoms with Crippen LogP contribution in [0.1, 0.15) is 31.2 Å². The van der Waals surface area contributed by atoms with Gasteiger partial charge in [0.1, 0.15) is 17.4 Å². The molecule has 0 saturated heterocycles. The number of nitriles is 1. The number of hydrogen-bond donors (Lipinski definition) is 1. The van der Waals surface area contributed by atoms with Crippen molar-refractivity contribution in [1.82, 2.24) is 0 Å². The second-order valence-electron chi connectivity index (χ2n) is 5.02. The summed E-state index contributed by atoms with van der Waals surface area (Å²) in [4.78, 5) is 0. The van der Waals surface area contributed by atoms with Crippen molar-refractivity contribution in [2.75, 3.05) is 5.32 Å². The Morgan fingerprint density at radius 3 is 2.65 bits per heavy atom. The summed E-state index contributed by atoms with van der Waals surface area (Å²) in [7, 11) is 0. The van der Waals surface area contributed by atoms with Crippen molar-refractivity contribution >= 4 is 5.69 Å². The average molecular weight is 286 g/mol. The molecule has 0 amide bonds. The molecular weight excluding hydrogens is 272 g/mol. The van der Waals surface area contributed by atoms with Gasteiger partial charge in [-0.3, -0.25) is 0 Å². The maximum absolute atomic E-state index is 13.4. The van der Waals surface area contributed by atoms with Gasteiger partial charge in [-0.15, -0.1) is 0 Å². The summed E-state index contributed by atoms with van der Waals surface area (Å²) in [5.41, 5.74) is 0.113. The van der Waals surface area contributed by atoms with Crippen LogP contribution in [0.4, 0.5) is 23.2 Å². The van der Waals surface area contributed by atoms with E-state index in [1.54, 1.807) is 6.07 Å². The van der Waals surface area contributed by atoms with E-state index < -0.39 is 17.9 Å². The molecule has 1 fully saturated rings. The lowest BCUT2D eigenvalue weighted by molar-refractivity contribution is -0.182. The first kappa shape index (κ1) is 14.6. The van der Waals surface area contributed by atoms with E-state index in [1.165, 1.54) is 12.1 Å². The third-order valence-electron chi connectivity index (χ3n) is 3.62. The zero-order valence-electron chi connectivity index (χ0n) is 10.7. The molecule has 1 aliphatic carbocycles. The molecule has 0 heterocycles. The predicted octanol–water partition coefficient (Wildman–Crippen LogP) is 4.23. The van der Waals surface area contributed by atoms with Crippen LogP contribution in [-0.2, 0) is 0 Å². The fraction of sp³-hybridized carbons (Fsp3) is 0.500. The van der Waals surface area contributed by atoms with Crippen molar-refractivity contribution in [3.8, 4) is 6.07 Å². The Balaban J connectivity index is 2.11. The van der Waals surface area contributed by atoms with Crippen molar-refractivity contribution in [3.63, 3.8) is 0 Å². The fourth-order valence-electron chi connectivity index (χ4n) is 2.60. The van der Waals surface area contributed by atoms with Gasteiger partial charge in [0.2, 0.25) is 0 Å². The quantitative estimate of drug-likeness (QED) is 0.826. The lowest BCUT2D eigenvalue weighted by Gasteiger charge is -2.31. The molecule has 0 radical (unpaired) electrons. The number of halogens is 4. The van der Waals surface area contributed by atoms with Gasteiger partial charge in [-0.05, 0) is 31.4 Å². The van der Waals surface area contributed by atoms with E-state index in [2.05, 4.69) is 5.32 Å². The Morgan fingerprint density at radius 1 is 1.25 bits per heavy atom. The maximum Gasteiger partial charge on any atom is 0.391 e. The van der Waals surface area contributed by atoms with Crippen LogP contribution in [0.2, 0.25) is 0 Å². The lowest BCUT2D eigenvalue weighted by Crippen LogP contribution is -2.34. The number of nitrogens with zero attached hydrogens (tertiary/aromatic N) is 1. The highest BCUT2D eigenvalue weighted by atomic mass is 19.4. The number of alkyl halides is 3. The number of nitrogens with one attached hydrogen (secondary N) is 1. The molecule has 1 N–H and O–H groups in total. The lowest BCUT2D eigenvalue weighted by atomic mass is 9.85. The molecule has 1 aromatic carbocycles. The SMILES string of the molecule is N#Cc1c(F)cccc1NC1CCCC(C(F)(F)F)C1. The van der Waals surface area contributed by atoms with Gasteiger partial charge in [0, 0.05) is 6.04 Å². The van der Waals surface area contributed by atoms with Gasteiger partial charge in [0.05, 0.1) is 11.6 Å². The summed E-state index contributed by atoms with van der Waals surface area (Å²) in [6.07, 6.45) is -3.03. The summed E-state index contributed by atoms with van der Waals surface area (Å²) in [5.74, 6) is -1.99. The maximum atomic E-state index is 13.4. The minimum atomic E-state index is -4.19. The van der Waals surface area contributed by atoms with Crippen molar-refractivity contribution in [1.29, 1.82) is 5.26 Å². The van der Waals surface area contributed by atoms with Crippen LogP contribution in [0.5, 0.6) is 0 Å². The molecule has 20 heavy (non-hydrogen) atoms. The monoisotopic (exact) mass is 286 g/mol. The van der Waals surface area contributed by atoms with Crippen LogP contribution >= 0.6 is 0 Å². The van der Waals surface area contributed by atoms with Gasteiger partial charge in [0.15, 0.2) is 0 Å².